The van der Waals surface area contributed by atoms with Gasteiger partial charge in [-0.1, -0.05) is 32.4 Å². The highest BCUT2D eigenvalue weighted by molar-refractivity contribution is 5.16. The second kappa shape index (κ2) is 9.89. The van der Waals surface area contributed by atoms with E-state index in [1.807, 2.05) is 12.1 Å². The topological polar surface area (TPSA) is 21.3 Å². The Morgan fingerprint density at radius 3 is 2.45 bits per heavy atom. The van der Waals surface area contributed by atoms with Crippen molar-refractivity contribution in [3.05, 3.63) is 35.6 Å². The average molecular weight is 281 g/mol. The van der Waals surface area contributed by atoms with E-state index in [9.17, 15) is 4.39 Å². The smallest absolute Gasteiger partial charge is 0.123 e. The van der Waals surface area contributed by atoms with Crippen LogP contribution in [-0.2, 0) is 11.2 Å². The van der Waals surface area contributed by atoms with Crippen LogP contribution in [0.15, 0.2) is 24.3 Å². The summed E-state index contributed by atoms with van der Waals surface area (Å²) in [6, 6.07) is 6.89. The van der Waals surface area contributed by atoms with Crippen LogP contribution in [0.1, 0.15) is 32.3 Å². The van der Waals surface area contributed by atoms with Crippen LogP contribution in [0.5, 0.6) is 0 Å². The standard InChI is InChI=1S/C17H28FNO/c1-14(2)4-5-16(13-19-10-11-20-3)12-15-6-8-17(18)9-7-15/h6-9,14,16,19H,4-5,10-13H2,1-3H3. The number of rotatable bonds is 10. The van der Waals surface area contributed by atoms with Crippen molar-refractivity contribution < 1.29 is 9.13 Å². The highest BCUT2D eigenvalue weighted by Gasteiger charge is 2.10. The van der Waals surface area contributed by atoms with E-state index < -0.39 is 0 Å². The summed E-state index contributed by atoms with van der Waals surface area (Å²) in [4.78, 5) is 0. The Morgan fingerprint density at radius 2 is 1.85 bits per heavy atom. The molecule has 0 amide bonds. The van der Waals surface area contributed by atoms with E-state index in [0.29, 0.717) is 5.92 Å². The molecule has 0 aliphatic carbocycles. The van der Waals surface area contributed by atoms with Crippen LogP contribution in [0.2, 0.25) is 0 Å². The molecule has 0 aromatic heterocycles. The fourth-order valence-corrected chi connectivity index (χ4v) is 2.28. The van der Waals surface area contributed by atoms with Gasteiger partial charge >= 0.3 is 0 Å². The maximum atomic E-state index is 12.9. The molecule has 20 heavy (non-hydrogen) atoms. The Labute approximate surface area is 122 Å². The molecular weight excluding hydrogens is 253 g/mol. The molecule has 0 saturated carbocycles. The zero-order valence-electron chi connectivity index (χ0n) is 13.0. The molecule has 2 nitrogen and oxygen atoms in total. The molecule has 1 aromatic carbocycles. The first-order chi connectivity index (χ1) is 9.61. The largest absolute Gasteiger partial charge is 0.383 e. The summed E-state index contributed by atoms with van der Waals surface area (Å²) in [5, 5.41) is 3.44. The number of hydrogen-bond donors (Lipinski definition) is 1. The van der Waals surface area contributed by atoms with E-state index in [1.165, 1.54) is 18.4 Å². The molecule has 114 valence electrons. The molecule has 0 spiro atoms. The summed E-state index contributed by atoms with van der Waals surface area (Å²) < 4.78 is 18.0. The van der Waals surface area contributed by atoms with Crippen molar-refractivity contribution in [1.29, 1.82) is 0 Å². The highest BCUT2D eigenvalue weighted by atomic mass is 19.1. The number of methoxy groups -OCH3 is 1. The van der Waals surface area contributed by atoms with Crippen LogP contribution >= 0.6 is 0 Å². The summed E-state index contributed by atoms with van der Waals surface area (Å²) in [5.41, 5.74) is 1.22. The van der Waals surface area contributed by atoms with Crippen LogP contribution in [-0.4, -0.2) is 26.8 Å². The zero-order chi connectivity index (χ0) is 14.8. The molecule has 1 rings (SSSR count). The number of nitrogens with one attached hydrogen (secondary N) is 1. The van der Waals surface area contributed by atoms with E-state index >= 15 is 0 Å². The minimum Gasteiger partial charge on any atom is -0.383 e. The van der Waals surface area contributed by atoms with Crippen molar-refractivity contribution in [3.8, 4) is 0 Å². The third-order valence-corrected chi connectivity index (χ3v) is 3.51. The van der Waals surface area contributed by atoms with Crippen molar-refractivity contribution in [2.75, 3.05) is 26.8 Å². The summed E-state index contributed by atoms with van der Waals surface area (Å²) >= 11 is 0. The molecule has 3 heteroatoms. The van der Waals surface area contributed by atoms with E-state index in [0.717, 1.165) is 32.0 Å². The van der Waals surface area contributed by atoms with Crippen molar-refractivity contribution in [3.63, 3.8) is 0 Å². The van der Waals surface area contributed by atoms with Crippen LogP contribution in [0, 0.1) is 17.7 Å². The highest BCUT2D eigenvalue weighted by Crippen LogP contribution is 2.17. The Kier molecular flexibility index (Phi) is 8.47. The van der Waals surface area contributed by atoms with Crippen LogP contribution < -0.4 is 5.32 Å². The van der Waals surface area contributed by atoms with Gasteiger partial charge in [0.1, 0.15) is 5.82 Å². The van der Waals surface area contributed by atoms with Gasteiger partial charge in [0.2, 0.25) is 0 Å². The second-order valence-electron chi connectivity index (χ2n) is 5.86. The molecule has 0 saturated heterocycles. The molecular formula is C17H28FNO. The molecule has 1 N–H and O–H groups in total. The third kappa shape index (κ3) is 7.61. The normalized spacial score (nSPS) is 12.8. The lowest BCUT2D eigenvalue weighted by Crippen LogP contribution is -2.27. The molecule has 1 atom stereocenters. The number of benzene rings is 1. The Morgan fingerprint density at radius 1 is 1.15 bits per heavy atom. The van der Waals surface area contributed by atoms with Gasteiger partial charge in [-0.2, -0.15) is 0 Å². The van der Waals surface area contributed by atoms with Crippen LogP contribution in [0.4, 0.5) is 4.39 Å². The minimum atomic E-state index is -0.161. The number of halogens is 1. The molecule has 0 fully saturated rings. The van der Waals surface area contributed by atoms with E-state index in [1.54, 1.807) is 19.2 Å². The third-order valence-electron chi connectivity index (χ3n) is 3.51. The first kappa shape index (κ1) is 17.1. The number of ether oxygens (including phenoxy) is 1. The zero-order valence-corrected chi connectivity index (χ0v) is 13.0. The molecule has 0 aliphatic heterocycles. The molecule has 1 unspecified atom stereocenters. The quantitative estimate of drug-likeness (QED) is 0.661. The van der Waals surface area contributed by atoms with Gasteiger partial charge in [0, 0.05) is 13.7 Å². The van der Waals surface area contributed by atoms with Gasteiger partial charge < -0.3 is 10.1 Å². The average Bonchev–Trinajstić information content (AvgIpc) is 2.43. The summed E-state index contributed by atoms with van der Waals surface area (Å²) in [5.74, 6) is 1.16. The first-order valence-corrected chi connectivity index (χ1v) is 7.56. The monoisotopic (exact) mass is 281 g/mol. The lowest BCUT2D eigenvalue weighted by atomic mass is 9.92. The molecule has 0 heterocycles. The predicted molar refractivity (Wildman–Crippen MR) is 82.4 cm³/mol. The molecule has 1 aromatic rings. The Bertz CT molecular complexity index is 351. The summed E-state index contributed by atoms with van der Waals surface area (Å²) in [7, 11) is 1.72. The van der Waals surface area contributed by atoms with E-state index in [2.05, 4.69) is 19.2 Å². The number of hydrogen-bond acceptors (Lipinski definition) is 2. The van der Waals surface area contributed by atoms with Crippen LogP contribution in [0.3, 0.4) is 0 Å². The van der Waals surface area contributed by atoms with Crippen molar-refractivity contribution in [2.45, 2.75) is 33.1 Å². The maximum Gasteiger partial charge on any atom is 0.123 e. The summed E-state index contributed by atoms with van der Waals surface area (Å²) in [6.45, 7) is 7.14. The fraction of sp³-hybridized carbons (Fsp3) is 0.647. The minimum absolute atomic E-state index is 0.161. The van der Waals surface area contributed by atoms with Gasteiger partial charge in [0.05, 0.1) is 6.61 Å². The Balaban J connectivity index is 2.45. The lowest BCUT2D eigenvalue weighted by molar-refractivity contribution is 0.197. The summed E-state index contributed by atoms with van der Waals surface area (Å²) in [6.07, 6.45) is 3.44. The molecule has 0 bridgehead atoms. The van der Waals surface area contributed by atoms with Gasteiger partial charge in [-0.25, -0.2) is 4.39 Å². The van der Waals surface area contributed by atoms with Crippen molar-refractivity contribution >= 4 is 0 Å². The van der Waals surface area contributed by atoms with Gasteiger partial charge in [-0.05, 0) is 48.9 Å². The Hall–Kier alpha value is -0.930. The van der Waals surface area contributed by atoms with Gasteiger partial charge in [0.15, 0.2) is 0 Å². The SMILES string of the molecule is COCCNCC(CCC(C)C)Cc1ccc(F)cc1. The van der Waals surface area contributed by atoms with Gasteiger partial charge in [-0.15, -0.1) is 0 Å². The second-order valence-corrected chi connectivity index (χ2v) is 5.86. The van der Waals surface area contributed by atoms with Gasteiger partial charge in [-0.3, -0.25) is 0 Å². The molecule has 0 radical (unpaired) electrons. The predicted octanol–water partition coefficient (Wildman–Crippen LogP) is 3.66. The first-order valence-electron chi connectivity index (χ1n) is 7.56. The van der Waals surface area contributed by atoms with Crippen molar-refractivity contribution in [1.82, 2.24) is 5.32 Å². The van der Waals surface area contributed by atoms with E-state index in [4.69, 9.17) is 4.74 Å². The maximum absolute atomic E-state index is 12.9. The molecule has 0 aliphatic rings. The van der Waals surface area contributed by atoms with Crippen LogP contribution in [0.25, 0.3) is 0 Å². The lowest BCUT2D eigenvalue weighted by Gasteiger charge is -2.19. The van der Waals surface area contributed by atoms with Gasteiger partial charge in [0.25, 0.3) is 0 Å². The van der Waals surface area contributed by atoms with E-state index in [-0.39, 0.29) is 5.82 Å². The fourth-order valence-electron chi connectivity index (χ4n) is 2.28. The van der Waals surface area contributed by atoms with Crippen molar-refractivity contribution in [2.24, 2.45) is 11.8 Å².